The summed E-state index contributed by atoms with van der Waals surface area (Å²) in [5.74, 6) is 0.136. The van der Waals surface area contributed by atoms with Gasteiger partial charge in [0.2, 0.25) is 11.8 Å². The summed E-state index contributed by atoms with van der Waals surface area (Å²) in [6.45, 7) is 1.94. The maximum Gasteiger partial charge on any atom is 0.324 e. The zero-order valence-corrected chi connectivity index (χ0v) is 17.8. The number of benzene rings is 1. The molecule has 3 heterocycles. The van der Waals surface area contributed by atoms with Gasteiger partial charge in [0.15, 0.2) is 0 Å². The highest BCUT2D eigenvalue weighted by Gasteiger charge is 2.28. The van der Waals surface area contributed by atoms with Crippen molar-refractivity contribution < 1.29 is 18.8 Å². The van der Waals surface area contributed by atoms with Crippen LogP contribution in [0.3, 0.4) is 0 Å². The van der Waals surface area contributed by atoms with Crippen LogP contribution in [0.4, 0.5) is 20.7 Å². The molecule has 1 aromatic carbocycles. The summed E-state index contributed by atoms with van der Waals surface area (Å²) in [6.07, 6.45) is 5.37. The molecule has 4 rings (SSSR count). The lowest BCUT2D eigenvalue weighted by Crippen LogP contribution is -2.47. The molecule has 0 atom stereocenters. The van der Waals surface area contributed by atoms with Crippen LogP contribution < -0.4 is 10.6 Å². The number of likely N-dealkylation sites (tertiary alicyclic amines) is 2. The monoisotopic (exact) mass is 442 g/mol. The van der Waals surface area contributed by atoms with Crippen LogP contribution in [-0.2, 0) is 9.59 Å². The maximum absolute atomic E-state index is 13.3. The number of aromatic nitrogens is 2. The van der Waals surface area contributed by atoms with E-state index in [2.05, 4.69) is 15.7 Å². The highest BCUT2D eigenvalue weighted by atomic mass is 19.1. The third-order valence-electron chi connectivity index (χ3n) is 5.90. The summed E-state index contributed by atoms with van der Waals surface area (Å²) in [5.41, 5.74) is 0.354. The predicted octanol–water partition coefficient (Wildman–Crippen LogP) is 2.84. The first-order chi connectivity index (χ1) is 15.5. The van der Waals surface area contributed by atoms with Crippen LogP contribution in [-0.4, -0.2) is 63.6 Å². The van der Waals surface area contributed by atoms with Gasteiger partial charge in [0.05, 0.1) is 18.8 Å². The molecule has 1 aromatic heterocycles. The SMILES string of the molecule is O=C(Nc1cccc(F)c1)Nc1ccnn1C1CCN(C(=O)CN2CCCCC2=O)CC1. The first-order valence-corrected chi connectivity index (χ1v) is 10.9. The van der Waals surface area contributed by atoms with Crippen LogP contribution in [0.1, 0.15) is 38.1 Å². The van der Waals surface area contributed by atoms with Gasteiger partial charge in [0, 0.05) is 37.8 Å². The average Bonchev–Trinajstić information content (AvgIpc) is 3.23. The molecule has 0 radical (unpaired) electrons. The zero-order valence-electron chi connectivity index (χ0n) is 17.8. The molecule has 2 aliphatic rings. The number of nitrogens with zero attached hydrogens (tertiary/aromatic N) is 4. The van der Waals surface area contributed by atoms with E-state index >= 15 is 0 Å². The zero-order chi connectivity index (χ0) is 22.5. The van der Waals surface area contributed by atoms with E-state index in [4.69, 9.17) is 0 Å². The van der Waals surface area contributed by atoms with Crippen LogP contribution in [0.15, 0.2) is 36.5 Å². The second-order valence-electron chi connectivity index (χ2n) is 8.13. The van der Waals surface area contributed by atoms with Crippen molar-refractivity contribution in [2.45, 2.75) is 38.1 Å². The molecule has 0 bridgehead atoms. The van der Waals surface area contributed by atoms with E-state index in [-0.39, 0.29) is 24.4 Å². The molecule has 2 aromatic rings. The number of carbonyl (C=O) groups is 3. The van der Waals surface area contributed by atoms with Gasteiger partial charge < -0.3 is 15.1 Å². The third kappa shape index (κ3) is 5.24. The number of hydrogen-bond donors (Lipinski definition) is 2. The highest BCUT2D eigenvalue weighted by Crippen LogP contribution is 2.26. The fraction of sp³-hybridized carbons (Fsp3) is 0.455. The van der Waals surface area contributed by atoms with E-state index in [1.165, 1.54) is 18.2 Å². The second kappa shape index (κ2) is 9.80. The van der Waals surface area contributed by atoms with Crippen LogP contribution in [0.5, 0.6) is 0 Å². The van der Waals surface area contributed by atoms with Crippen molar-refractivity contribution in [1.29, 1.82) is 0 Å². The van der Waals surface area contributed by atoms with Gasteiger partial charge in [0.1, 0.15) is 11.6 Å². The lowest BCUT2D eigenvalue weighted by atomic mass is 10.0. The number of rotatable bonds is 5. The molecule has 2 fully saturated rings. The number of amides is 4. The molecule has 0 unspecified atom stereocenters. The third-order valence-corrected chi connectivity index (χ3v) is 5.90. The Morgan fingerprint density at radius 2 is 1.91 bits per heavy atom. The minimum absolute atomic E-state index is 0.0213. The molecule has 32 heavy (non-hydrogen) atoms. The van der Waals surface area contributed by atoms with Gasteiger partial charge in [-0.2, -0.15) is 5.10 Å². The van der Waals surface area contributed by atoms with Crippen molar-refractivity contribution in [2.24, 2.45) is 0 Å². The first-order valence-electron chi connectivity index (χ1n) is 10.9. The molecule has 0 saturated carbocycles. The number of anilines is 2. The van der Waals surface area contributed by atoms with E-state index in [1.807, 2.05) is 0 Å². The first kappa shape index (κ1) is 21.8. The van der Waals surface area contributed by atoms with E-state index in [1.54, 1.807) is 32.8 Å². The van der Waals surface area contributed by atoms with Crippen LogP contribution in [0.2, 0.25) is 0 Å². The fourth-order valence-electron chi connectivity index (χ4n) is 4.20. The highest BCUT2D eigenvalue weighted by molar-refractivity contribution is 5.99. The Morgan fingerprint density at radius 3 is 2.66 bits per heavy atom. The molecule has 0 aliphatic carbocycles. The fourth-order valence-corrected chi connectivity index (χ4v) is 4.20. The van der Waals surface area contributed by atoms with Gasteiger partial charge in [-0.3, -0.25) is 14.9 Å². The molecular formula is C22H27FN6O3. The number of piperidine rings is 2. The number of nitrogens with one attached hydrogen (secondary N) is 2. The Morgan fingerprint density at radius 1 is 1.09 bits per heavy atom. The summed E-state index contributed by atoms with van der Waals surface area (Å²) in [7, 11) is 0. The molecule has 9 nitrogen and oxygen atoms in total. The second-order valence-corrected chi connectivity index (χ2v) is 8.13. The number of urea groups is 1. The molecule has 10 heteroatoms. The van der Waals surface area contributed by atoms with Gasteiger partial charge in [-0.1, -0.05) is 6.07 Å². The molecule has 0 spiro atoms. The van der Waals surface area contributed by atoms with Crippen LogP contribution in [0.25, 0.3) is 0 Å². The van der Waals surface area contributed by atoms with Crippen molar-refractivity contribution in [2.75, 3.05) is 36.8 Å². The number of hydrogen-bond acceptors (Lipinski definition) is 4. The molecule has 2 aliphatic heterocycles. The van der Waals surface area contributed by atoms with Gasteiger partial charge in [-0.15, -0.1) is 0 Å². The lowest BCUT2D eigenvalue weighted by molar-refractivity contribution is -0.142. The van der Waals surface area contributed by atoms with Crippen LogP contribution in [0, 0.1) is 5.82 Å². The quantitative estimate of drug-likeness (QED) is 0.744. The molecular weight excluding hydrogens is 415 g/mol. The largest absolute Gasteiger partial charge is 0.341 e. The van der Waals surface area contributed by atoms with Crippen molar-refractivity contribution in [3.63, 3.8) is 0 Å². The maximum atomic E-state index is 13.3. The van der Waals surface area contributed by atoms with Crippen LogP contribution >= 0.6 is 0 Å². The normalized spacial score (nSPS) is 17.3. The minimum atomic E-state index is -0.490. The average molecular weight is 442 g/mol. The van der Waals surface area contributed by atoms with Gasteiger partial charge >= 0.3 is 6.03 Å². The van der Waals surface area contributed by atoms with E-state index < -0.39 is 11.8 Å². The van der Waals surface area contributed by atoms with E-state index in [0.717, 1.165) is 12.8 Å². The summed E-state index contributed by atoms with van der Waals surface area (Å²) in [5, 5.41) is 9.70. The Labute approximate surface area is 185 Å². The molecule has 170 valence electrons. The van der Waals surface area contributed by atoms with E-state index in [9.17, 15) is 18.8 Å². The van der Waals surface area contributed by atoms with Crippen molar-refractivity contribution in [3.05, 3.63) is 42.3 Å². The topological polar surface area (TPSA) is 99.6 Å². The van der Waals surface area contributed by atoms with Crippen molar-refractivity contribution in [1.82, 2.24) is 19.6 Å². The van der Waals surface area contributed by atoms with Crippen molar-refractivity contribution >= 4 is 29.4 Å². The summed E-state index contributed by atoms with van der Waals surface area (Å²) in [6, 6.07) is 6.91. The summed E-state index contributed by atoms with van der Waals surface area (Å²) < 4.78 is 15.1. The Hall–Kier alpha value is -3.43. The smallest absolute Gasteiger partial charge is 0.324 e. The molecule has 2 N–H and O–H groups in total. The standard InChI is InChI=1S/C22H27FN6O3/c23-16-4-3-5-17(14-16)25-22(32)26-19-7-10-24-29(19)18-8-12-27(13-9-18)21(31)15-28-11-2-1-6-20(28)30/h3-5,7,10,14,18H,1-2,6,8-9,11-13,15H2,(H2,25,26,32). The van der Waals surface area contributed by atoms with Gasteiger partial charge in [-0.05, 0) is 43.9 Å². The van der Waals surface area contributed by atoms with Crippen molar-refractivity contribution in [3.8, 4) is 0 Å². The lowest BCUT2D eigenvalue weighted by Gasteiger charge is -2.34. The number of halogens is 1. The summed E-state index contributed by atoms with van der Waals surface area (Å²) in [4.78, 5) is 40.4. The Bertz CT molecular complexity index is 986. The number of carbonyl (C=O) groups excluding carboxylic acids is 3. The predicted molar refractivity (Wildman–Crippen MR) is 117 cm³/mol. The Kier molecular flexibility index (Phi) is 6.67. The van der Waals surface area contributed by atoms with E-state index in [0.29, 0.717) is 50.4 Å². The molecule has 4 amide bonds. The Balaban J connectivity index is 1.30. The minimum Gasteiger partial charge on any atom is -0.341 e. The summed E-state index contributed by atoms with van der Waals surface area (Å²) >= 11 is 0. The van der Waals surface area contributed by atoms with Gasteiger partial charge in [0.25, 0.3) is 0 Å². The van der Waals surface area contributed by atoms with Gasteiger partial charge in [-0.25, -0.2) is 13.9 Å². The molecule has 2 saturated heterocycles.